The summed E-state index contributed by atoms with van der Waals surface area (Å²) in [5, 5.41) is 3.37. The van der Waals surface area contributed by atoms with E-state index in [-0.39, 0.29) is 12.3 Å². The zero-order valence-corrected chi connectivity index (χ0v) is 12.3. The maximum absolute atomic E-state index is 12.6. The van der Waals surface area contributed by atoms with E-state index in [1.807, 2.05) is 24.3 Å². The van der Waals surface area contributed by atoms with Crippen molar-refractivity contribution in [2.45, 2.75) is 30.4 Å². The van der Waals surface area contributed by atoms with Crippen LogP contribution in [0.3, 0.4) is 0 Å². The van der Waals surface area contributed by atoms with Crippen LogP contribution in [0, 0.1) is 0 Å². The number of hydrogen-bond acceptors (Lipinski definition) is 4. The van der Waals surface area contributed by atoms with E-state index >= 15 is 0 Å². The highest BCUT2D eigenvalue weighted by molar-refractivity contribution is 7.90. The van der Waals surface area contributed by atoms with Gasteiger partial charge in [0.15, 0.2) is 9.84 Å². The van der Waals surface area contributed by atoms with Crippen molar-refractivity contribution in [2.75, 3.05) is 6.67 Å². The van der Waals surface area contributed by atoms with Crippen molar-refractivity contribution in [1.82, 2.24) is 14.8 Å². The number of sulfone groups is 1. The van der Waals surface area contributed by atoms with Gasteiger partial charge in [0.05, 0.1) is 11.8 Å². The summed E-state index contributed by atoms with van der Waals surface area (Å²) in [4.78, 5) is 3.95. The Labute approximate surface area is 122 Å². The molecule has 0 N–H and O–H groups in total. The highest BCUT2D eigenvalue weighted by Gasteiger charge is 2.34. The SMILES string of the molecule is O=S(=O)(Cc1ncnn1CCF)C1CCc2ccccc21. The first kappa shape index (κ1) is 14.2. The third-order valence-electron chi connectivity index (χ3n) is 3.83. The first-order valence-electron chi connectivity index (χ1n) is 6.84. The number of halogens is 1. The monoisotopic (exact) mass is 309 g/mol. The summed E-state index contributed by atoms with van der Waals surface area (Å²) >= 11 is 0. The van der Waals surface area contributed by atoms with E-state index in [4.69, 9.17) is 0 Å². The molecule has 1 atom stereocenters. The van der Waals surface area contributed by atoms with Gasteiger partial charge in [0.1, 0.15) is 24.6 Å². The third kappa shape index (κ3) is 2.70. The summed E-state index contributed by atoms with van der Waals surface area (Å²) in [5.41, 5.74) is 1.98. The van der Waals surface area contributed by atoms with Crippen LogP contribution in [0.5, 0.6) is 0 Å². The first-order chi connectivity index (χ1) is 10.1. The van der Waals surface area contributed by atoms with E-state index in [0.29, 0.717) is 12.2 Å². The molecule has 1 aromatic heterocycles. The molecule has 1 aliphatic rings. The molecule has 1 unspecified atom stereocenters. The van der Waals surface area contributed by atoms with Crippen LogP contribution in [-0.2, 0) is 28.6 Å². The average Bonchev–Trinajstić information content (AvgIpc) is 3.06. The highest BCUT2D eigenvalue weighted by atomic mass is 32.2. The Morgan fingerprint density at radius 1 is 1.33 bits per heavy atom. The van der Waals surface area contributed by atoms with Crippen LogP contribution in [0.1, 0.15) is 28.6 Å². The maximum Gasteiger partial charge on any atom is 0.164 e. The lowest BCUT2D eigenvalue weighted by molar-refractivity contribution is 0.420. The summed E-state index contributed by atoms with van der Waals surface area (Å²) in [6.07, 6.45) is 2.64. The molecule has 0 saturated heterocycles. The van der Waals surface area contributed by atoms with Crippen molar-refractivity contribution in [1.29, 1.82) is 0 Å². The van der Waals surface area contributed by atoms with Crippen molar-refractivity contribution in [3.8, 4) is 0 Å². The van der Waals surface area contributed by atoms with E-state index in [9.17, 15) is 12.8 Å². The van der Waals surface area contributed by atoms with Gasteiger partial charge in [-0.15, -0.1) is 0 Å². The average molecular weight is 309 g/mol. The smallest absolute Gasteiger partial charge is 0.164 e. The molecular formula is C14H16FN3O2S. The molecule has 0 amide bonds. The normalized spacial score (nSPS) is 17.9. The Kier molecular flexibility index (Phi) is 3.75. The van der Waals surface area contributed by atoms with Gasteiger partial charge in [0, 0.05) is 0 Å². The number of nitrogens with zero attached hydrogens (tertiary/aromatic N) is 3. The molecule has 0 bridgehead atoms. The molecule has 2 aromatic rings. The second-order valence-electron chi connectivity index (χ2n) is 5.12. The Balaban J connectivity index is 1.87. The molecule has 1 heterocycles. The largest absolute Gasteiger partial charge is 0.249 e. The van der Waals surface area contributed by atoms with Gasteiger partial charge in [0.25, 0.3) is 0 Å². The van der Waals surface area contributed by atoms with E-state index in [1.54, 1.807) is 0 Å². The predicted molar refractivity (Wildman–Crippen MR) is 76.1 cm³/mol. The van der Waals surface area contributed by atoms with Crippen LogP contribution in [0.2, 0.25) is 0 Å². The number of benzene rings is 1. The molecule has 21 heavy (non-hydrogen) atoms. The molecule has 1 aromatic carbocycles. The first-order valence-corrected chi connectivity index (χ1v) is 8.55. The molecule has 0 fully saturated rings. The van der Waals surface area contributed by atoms with Crippen molar-refractivity contribution in [3.63, 3.8) is 0 Å². The summed E-state index contributed by atoms with van der Waals surface area (Å²) in [7, 11) is -3.38. The third-order valence-corrected chi connectivity index (χ3v) is 5.85. The van der Waals surface area contributed by atoms with Crippen molar-refractivity contribution in [3.05, 3.63) is 47.5 Å². The summed E-state index contributed by atoms with van der Waals surface area (Å²) in [6.45, 7) is -0.561. The lowest BCUT2D eigenvalue weighted by Gasteiger charge is -2.13. The van der Waals surface area contributed by atoms with E-state index < -0.39 is 21.8 Å². The van der Waals surface area contributed by atoms with E-state index in [0.717, 1.165) is 17.5 Å². The number of rotatable bonds is 5. The van der Waals surface area contributed by atoms with Gasteiger partial charge in [-0.05, 0) is 24.0 Å². The van der Waals surface area contributed by atoms with Crippen molar-refractivity contribution < 1.29 is 12.8 Å². The van der Waals surface area contributed by atoms with Gasteiger partial charge >= 0.3 is 0 Å². The van der Waals surface area contributed by atoms with Gasteiger partial charge < -0.3 is 0 Å². The fourth-order valence-corrected chi connectivity index (χ4v) is 4.72. The number of alkyl halides is 1. The number of aromatic nitrogens is 3. The second kappa shape index (κ2) is 5.55. The van der Waals surface area contributed by atoms with Crippen LogP contribution < -0.4 is 0 Å². The number of hydrogen-bond donors (Lipinski definition) is 0. The maximum atomic E-state index is 12.6. The molecule has 112 valence electrons. The lowest BCUT2D eigenvalue weighted by atomic mass is 10.1. The molecule has 7 heteroatoms. The van der Waals surface area contributed by atoms with E-state index in [1.165, 1.54) is 11.0 Å². The Morgan fingerprint density at radius 3 is 2.95 bits per heavy atom. The fourth-order valence-electron chi connectivity index (χ4n) is 2.84. The molecular weight excluding hydrogens is 293 g/mol. The highest BCUT2D eigenvalue weighted by Crippen LogP contribution is 2.38. The lowest BCUT2D eigenvalue weighted by Crippen LogP contribution is -2.17. The topological polar surface area (TPSA) is 64.8 Å². The predicted octanol–water partition coefficient (Wildman–Crippen LogP) is 1.85. The minimum absolute atomic E-state index is 0.0338. The van der Waals surface area contributed by atoms with Gasteiger partial charge in [-0.3, -0.25) is 0 Å². The van der Waals surface area contributed by atoms with Crippen LogP contribution in [0.4, 0.5) is 4.39 Å². The Bertz CT molecular complexity index is 742. The molecule has 0 radical (unpaired) electrons. The minimum Gasteiger partial charge on any atom is -0.249 e. The molecule has 5 nitrogen and oxygen atoms in total. The molecule has 1 aliphatic carbocycles. The standard InChI is InChI=1S/C14H16FN3O2S/c15-7-8-18-14(16-10-17-18)9-21(19,20)13-6-5-11-3-1-2-4-12(11)13/h1-4,10,13H,5-9H2. The fraction of sp³-hybridized carbons (Fsp3) is 0.429. The molecule has 3 rings (SSSR count). The minimum atomic E-state index is -3.38. The van der Waals surface area contributed by atoms with Crippen molar-refractivity contribution >= 4 is 9.84 Å². The molecule has 0 spiro atoms. The summed E-state index contributed by atoms with van der Waals surface area (Å²) in [5.74, 6) is 0.100. The molecule has 0 saturated carbocycles. The second-order valence-corrected chi connectivity index (χ2v) is 7.31. The molecule has 0 aliphatic heterocycles. The van der Waals surface area contributed by atoms with E-state index in [2.05, 4.69) is 10.1 Å². The summed E-state index contributed by atoms with van der Waals surface area (Å²) < 4.78 is 39.0. The Hall–Kier alpha value is -1.76. The quantitative estimate of drug-likeness (QED) is 0.845. The number of fused-ring (bicyclic) bond motifs is 1. The number of aryl methyl sites for hydroxylation is 2. The van der Waals surface area contributed by atoms with Gasteiger partial charge in [0.2, 0.25) is 0 Å². The summed E-state index contributed by atoms with van der Waals surface area (Å²) in [6, 6.07) is 7.62. The van der Waals surface area contributed by atoms with Gasteiger partial charge in [-0.2, -0.15) is 5.10 Å². The zero-order chi connectivity index (χ0) is 14.9. The van der Waals surface area contributed by atoms with Crippen LogP contribution >= 0.6 is 0 Å². The van der Waals surface area contributed by atoms with Gasteiger partial charge in [-0.1, -0.05) is 24.3 Å². The Morgan fingerprint density at radius 2 is 2.14 bits per heavy atom. The van der Waals surface area contributed by atoms with Crippen molar-refractivity contribution in [2.24, 2.45) is 0 Å². The zero-order valence-electron chi connectivity index (χ0n) is 11.4. The van der Waals surface area contributed by atoms with Crippen LogP contribution in [0.15, 0.2) is 30.6 Å². The van der Waals surface area contributed by atoms with Crippen LogP contribution in [0.25, 0.3) is 0 Å². The van der Waals surface area contributed by atoms with Gasteiger partial charge in [-0.25, -0.2) is 22.5 Å². The van der Waals surface area contributed by atoms with Crippen LogP contribution in [-0.4, -0.2) is 29.9 Å².